The summed E-state index contributed by atoms with van der Waals surface area (Å²) < 4.78 is 29.6. The number of nitrogens with one attached hydrogen (secondary N) is 1. The second-order valence-corrected chi connectivity index (χ2v) is 7.43. The number of nitrogens with zero attached hydrogens (tertiary/aromatic N) is 2. The van der Waals surface area contributed by atoms with Crippen LogP contribution in [0.1, 0.15) is 22.9 Å². The Labute approximate surface area is 178 Å². The van der Waals surface area contributed by atoms with Crippen LogP contribution in [-0.4, -0.2) is 15.5 Å². The van der Waals surface area contributed by atoms with Crippen LogP contribution in [0, 0.1) is 11.6 Å². The molecule has 31 heavy (non-hydrogen) atoms. The molecule has 0 aliphatic carbocycles. The highest BCUT2D eigenvalue weighted by atomic mass is 19.1. The monoisotopic (exact) mass is 415 g/mol. The quantitative estimate of drug-likeness (QED) is 0.435. The maximum absolute atomic E-state index is 14.2. The fourth-order valence-corrected chi connectivity index (χ4v) is 4.10. The van der Waals surface area contributed by atoms with E-state index in [-0.39, 0.29) is 5.69 Å². The molecule has 6 heteroatoms. The molecule has 0 radical (unpaired) electrons. The molecule has 0 saturated carbocycles. The van der Waals surface area contributed by atoms with Gasteiger partial charge in [-0.1, -0.05) is 48.5 Å². The average molecular weight is 415 g/mol. The third-order valence-electron chi connectivity index (χ3n) is 5.51. The lowest BCUT2D eigenvalue weighted by molar-refractivity contribution is 0.194. The number of anilines is 1. The van der Waals surface area contributed by atoms with Gasteiger partial charge in [0.05, 0.1) is 24.0 Å². The molecular weight excluding hydrogens is 396 g/mol. The van der Waals surface area contributed by atoms with Crippen molar-refractivity contribution in [3.63, 3.8) is 0 Å². The van der Waals surface area contributed by atoms with Gasteiger partial charge in [0.2, 0.25) is 0 Å². The van der Waals surface area contributed by atoms with E-state index in [9.17, 15) is 13.6 Å². The summed E-state index contributed by atoms with van der Waals surface area (Å²) >= 11 is 0. The Balaban J connectivity index is 1.62. The molecule has 0 bridgehead atoms. The van der Waals surface area contributed by atoms with Crippen molar-refractivity contribution in [2.75, 3.05) is 5.32 Å². The van der Waals surface area contributed by atoms with Gasteiger partial charge in [-0.15, -0.1) is 0 Å². The molecular formula is C25H19F2N3O. The summed E-state index contributed by atoms with van der Waals surface area (Å²) in [5.41, 5.74) is 3.75. The maximum Gasteiger partial charge on any atom is 0.323 e. The maximum atomic E-state index is 14.2. The molecule has 1 aromatic heterocycles. The lowest BCUT2D eigenvalue weighted by Crippen LogP contribution is -2.38. The van der Waals surface area contributed by atoms with E-state index in [1.54, 1.807) is 4.90 Å². The minimum absolute atomic E-state index is 0.0638. The zero-order valence-electron chi connectivity index (χ0n) is 16.5. The Hall–Kier alpha value is -3.93. The summed E-state index contributed by atoms with van der Waals surface area (Å²) in [7, 11) is 0. The number of amides is 2. The SMILES string of the molecule is O=C(Nc1ccc(F)cc1F)N1Cc2ccccc2-n2cccc2C1c1ccccc1. The van der Waals surface area contributed by atoms with E-state index in [4.69, 9.17) is 0 Å². The first-order valence-corrected chi connectivity index (χ1v) is 9.95. The normalized spacial score (nSPS) is 15.0. The Morgan fingerprint density at radius 2 is 1.68 bits per heavy atom. The highest BCUT2D eigenvalue weighted by Crippen LogP contribution is 2.36. The second kappa shape index (κ2) is 7.72. The summed E-state index contributed by atoms with van der Waals surface area (Å²) in [5.74, 6) is -1.51. The number of hydrogen-bond donors (Lipinski definition) is 1. The molecule has 2 heterocycles. The van der Waals surface area contributed by atoms with Crippen molar-refractivity contribution in [2.24, 2.45) is 0 Å². The largest absolute Gasteiger partial charge is 0.323 e. The van der Waals surface area contributed by atoms with Crippen molar-refractivity contribution in [3.05, 3.63) is 120 Å². The number of carbonyl (C=O) groups excluding carboxylic acids is 1. The molecule has 0 fully saturated rings. The number of benzene rings is 3. The topological polar surface area (TPSA) is 37.3 Å². The third-order valence-corrected chi connectivity index (χ3v) is 5.51. The van der Waals surface area contributed by atoms with Gasteiger partial charge in [0.15, 0.2) is 0 Å². The van der Waals surface area contributed by atoms with E-state index in [2.05, 4.69) is 9.88 Å². The van der Waals surface area contributed by atoms with Crippen LogP contribution in [0.2, 0.25) is 0 Å². The number of urea groups is 1. The molecule has 1 unspecified atom stereocenters. The summed E-state index contributed by atoms with van der Waals surface area (Å²) in [6.07, 6.45) is 1.98. The lowest BCUT2D eigenvalue weighted by atomic mass is 10.0. The Morgan fingerprint density at radius 1 is 0.903 bits per heavy atom. The number of aromatic nitrogens is 1. The zero-order valence-corrected chi connectivity index (χ0v) is 16.5. The van der Waals surface area contributed by atoms with E-state index < -0.39 is 23.7 Å². The van der Waals surface area contributed by atoms with Gasteiger partial charge in [-0.25, -0.2) is 13.6 Å². The average Bonchev–Trinajstić information content (AvgIpc) is 3.20. The van der Waals surface area contributed by atoms with Gasteiger partial charge in [-0.2, -0.15) is 0 Å². The van der Waals surface area contributed by atoms with Crippen LogP contribution in [0.25, 0.3) is 5.69 Å². The van der Waals surface area contributed by atoms with Gasteiger partial charge >= 0.3 is 6.03 Å². The highest BCUT2D eigenvalue weighted by Gasteiger charge is 2.33. The molecule has 0 spiro atoms. The highest BCUT2D eigenvalue weighted by molar-refractivity contribution is 5.90. The third kappa shape index (κ3) is 3.46. The molecule has 0 saturated heterocycles. The Bertz CT molecular complexity index is 1250. The van der Waals surface area contributed by atoms with Crippen LogP contribution in [0.5, 0.6) is 0 Å². The van der Waals surface area contributed by atoms with Crippen LogP contribution in [-0.2, 0) is 6.54 Å². The number of para-hydroxylation sites is 1. The standard InChI is InChI=1S/C25H19F2N3O/c26-19-12-13-21(20(27)15-19)28-25(31)30-16-18-9-4-5-10-22(18)29-14-6-11-23(29)24(30)17-7-2-1-3-8-17/h1-15,24H,16H2,(H,28,31). The van der Waals surface area contributed by atoms with E-state index in [1.165, 1.54) is 6.07 Å². The van der Waals surface area contributed by atoms with Crippen LogP contribution in [0.4, 0.5) is 19.3 Å². The van der Waals surface area contributed by atoms with E-state index >= 15 is 0 Å². The minimum atomic E-state index is -0.816. The molecule has 5 rings (SSSR count). The van der Waals surface area contributed by atoms with Crippen LogP contribution in [0.3, 0.4) is 0 Å². The molecule has 1 aliphatic heterocycles. The molecule has 4 nitrogen and oxygen atoms in total. The van der Waals surface area contributed by atoms with Crippen molar-refractivity contribution in [1.82, 2.24) is 9.47 Å². The first kappa shape index (κ1) is 19.1. The predicted octanol–water partition coefficient (Wildman–Crippen LogP) is 5.89. The van der Waals surface area contributed by atoms with Crippen molar-refractivity contribution >= 4 is 11.7 Å². The van der Waals surface area contributed by atoms with Gasteiger partial charge in [0.25, 0.3) is 0 Å². The lowest BCUT2D eigenvalue weighted by Gasteiger charge is -2.31. The Kier molecular flexibility index (Phi) is 4.75. The second-order valence-electron chi connectivity index (χ2n) is 7.43. The Morgan fingerprint density at radius 3 is 2.48 bits per heavy atom. The van der Waals surface area contributed by atoms with Gasteiger partial charge in [-0.05, 0) is 41.5 Å². The molecule has 1 aliphatic rings. The molecule has 154 valence electrons. The van der Waals surface area contributed by atoms with Crippen molar-refractivity contribution in [3.8, 4) is 5.69 Å². The summed E-state index contributed by atoms with van der Waals surface area (Å²) in [6.45, 7) is 0.325. The molecule has 1 atom stereocenters. The van der Waals surface area contributed by atoms with Gasteiger partial charge in [0, 0.05) is 18.0 Å². The summed E-state index contributed by atoms with van der Waals surface area (Å²) in [4.78, 5) is 15.1. The number of hydrogen-bond acceptors (Lipinski definition) is 1. The first-order valence-electron chi connectivity index (χ1n) is 9.95. The predicted molar refractivity (Wildman–Crippen MR) is 115 cm³/mol. The molecule has 1 N–H and O–H groups in total. The summed E-state index contributed by atoms with van der Waals surface area (Å²) in [5, 5.41) is 2.62. The van der Waals surface area contributed by atoms with Crippen molar-refractivity contribution < 1.29 is 13.6 Å². The van der Waals surface area contributed by atoms with E-state index in [0.717, 1.165) is 34.6 Å². The smallest absolute Gasteiger partial charge is 0.318 e. The van der Waals surface area contributed by atoms with E-state index in [1.807, 2.05) is 72.9 Å². The number of rotatable bonds is 2. The number of carbonyl (C=O) groups is 1. The first-order chi connectivity index (χ1) is 15.1. The molecule has 4 aromatic rings. The van der Waals surface area contributed by atoms with Crippen LogP contribution >= 0.6 is 0 Å². The van der Waals surface area contributed by atoms with Crippen molar-refractivity contribution in [1.29, 1.82) is 0 Å². The molecule has 3 aromatic carbocycles. The molecule has 2 amide bonds. The van der Waals surface area contributed by atoms with Crippen molar-refractivity contribution in [2.45, 2.75) is 12.6 Å². The van der Waals surface area contributed by atoms with E-state index in [0.29, 0.717) is 6.54 Å². The fourth-order valence-electron chi connectivity index (χ4n) is 4.10. The van der Waals surface area contributed by atoms with Crippen LogP contribution in [0.15, 0.2) is 91.1 Å². The number of fused-ring (bicyclic) bond motifs is 3. The minimum Gasteiger partial charge on any atom is -0.318 e. The fraction of sp³-hybridized carbons (Fsp3) is 0.0800. The summed E-state index contributed by atoms with van der Waals surface area (Å²) in [6, 6.07) is 23.8. The zero-order chi connectivity index (χ0) is 21.4. The van der Waals surface area contributed by atoms with Crippen LogP contribution < -0.4 is 5.32 Å². The van der Waals surface area contributed by atoms with Gasteiger partial charge in [0.1, 0.15) is 11.6 Å². The van der Waals surface area contributed by atoms with Gasteiger partial charge in [-0.3, -0.25) is 0 Å². The number of halogens is 2. The van der Waals surface area contributed by atoms with Gasteiger partial charge < -0.3 is 14.8 Å².